The Labute approximate surface area is 134 Å². The minimum atomic E-state index is 0.369. The van der Waals surface area contributed by atoms with Gasteiger partial charge in [-0.05, 0) is 19.8 Å². The molecule has 1 aliphatic heterocycles. The van der Waals surface area contributed by atoms with Crippen molar-refractivity contribution in [1.29, 1.82) is 5.26 Å². The molecule has 0 aliphatic carbocycles. The summed E-state index contributed by atoms with van der Waals surface area (Å²) in [4.78, 5) is 8.48. The van der Waals surface area contributed by atoms with E-state index in [-0.39, 0.29) is 0 Å². The van der Waals surface area contributed by atoms with E-state index in [4.69, 9.17) is 10.00 Å². The lowest BCUT2D eigenvalue weighted by molar-refractivity contribution is 0.0657. The second kappa shape index (κ2) is 6.62. The number of nitrogens with one attached hydrogen (secondary N) is 2. The molecule has 2 N–H and O–H groups in total. The van der Waals surface area contributed by atoms with Crippen LogP contribution in [0.3, 0.4) is 0 Å². The van der Waals surface area contributed by atoms with Gasteiger partial charge >= 0.3 is 0 Å². The van der Waals surface area contributed by atoms with Crippen LogP contribution in [0.4, 0.5) is 17.5 Å². The summed E-state index contributed by atoms with van der Waals surface area (Å²) in [7, 11) is 1.72. The quantitative estimate of drug-likeness (QED) is 0.890. The third-order valence-electron chi connectivity index (χ3n) is 3.97. The number of hydrogen-bond donors (Lipinski definition) is 2. The first-order valence-corrected chi connectivity index (χ1v) is 7.56. The zero-order valence-corrected chi connectivity index (χ0v) is 13.2. The van der Waals surface area contributed by atoms with Gasteiger partial charge in [-0.25, -0.2) is 4.98 Å². The minimum Gasteiger partial charge on any atom is -0.381 e. The van der Waals surface area contributed by atoms with Gasteiger partial charge in [-0.1, -0.05) is 0 Å². The highest BCUT2D eigenvalue weighted by molar-refractivity contribution is 5.59. The van der Waals surface area contributed by atoms with Crippen molar-refractivity contribution >= 4 is 17.5 Å². The molecule has 0 unspecified atom stereocenters. The fourth-order valence-corrected chi connectivity index (χ4v) is 2.68. The van der Waals surface area contributed by atoms with Crippen LogP contribution in [0.1, 0.15) is 30.1 Å². The predicted molar refractivity (Wildman–Crippen MR) is 85.6 cm³/mol. The number of rotatable bonds is 4. The molecule has 0 atom stereocenters. The third kappa shape index (κ3) is 3.10. The summed E-state index contributed by atoms with van der Waals surface area (Å²) >= 11 is 0. The van der Waals surface area contributed by atoms with Gasteiger partial charge in [0.05, 0.1) is 29.8 Å². The van der Waals surface area contributed by atoms with Gasteiger partial charge in [0.25, 0.3) is 0 Å². The van der Waals surface area contributed by atoms with E-state index in [9.17, 15) is 0 Å². The fourth-order valence-electron chi connectivity index (χ4n) is 2.68. The monoisotopic (exact) mass is 313 g/mol. The van der Waals surface area contributed by atoms with Gasteiger partial charge in [0.1, 0.15) is 17.5 Å². The highest BCUT2D eigenvalue weighted by Gasteiger charge is 2.19. The number of nitriles is 1. The highest BCUT2D eigenvalue weighted by atomic mass is 16.5. The van der Waals surface area contributed by atoms with Crippen molar-refractivity contribution in [3.05, 3.63) is 23.7 Å². The molecular formula is C15H19N7O. The summed E-state index contributed by atoms with van der Waals surface area (Å²) in [6.07, 6.45) is 5.23. The molecule has 2 aromatic heterocycles. The largest absolute Gasteiger partial charge is 0.381 e. The van der Waals surface area contributed by atoms with E-state index < -0.39 is 0 Å². The topological polar surface area (TPSA) is 101 Å². The SMILES string of the molecule is CNc1nc(Nc2cnn(C3CCOCC3)c2C)ncc1C#N. The Kier molecular flexibility index (Phi) is 4.39. The standard InChI is InChI=1S/C15H19N7O/c1-10-13(9-19-22(10)12-3-5-23-6-4-12)20-15-18-8-11(7-16)14(17-2)21-15/h8-9,12H,3-6H2,1-2H3,(H2,17,18,20,21). The van der Waals surface area contributed by atoms with Crippen LogP contribution >= 0.6 is 0 Å². The van der Waals surface area contributed by atoms with Crippen LogP contribution in [-0.4, -0.2) is 40.0 Å². The molecule has 8 heteroatoms. The fraction of sp³-hybridized carbons (Fsp3) is 0.467. The van der Waals surface area contributed by atoms with Gasteiger partial charge in [-0.15, -0.1) is 0 Å². The van der Waals surface area contributed by atoms with Gasteiger partial charge in [-0.2, -0.15) is 15.3 Å². The number of nitrogens with zero attached hydrogens (tertiary/aromatic N) is 5. The molecular weight excluding hydrogens is 294 g/mol. The minimum absolute atomic E-state index is 0.369. The molecule has 0 radical (unpaired) electrons. The van der Waals surface area contributed by atoms with Crippen molar-refractivity contribution in [2.75, 3.05) is 30.9 Å². The van der Waals surface area contributed by atoms with E-state index >= 15 is 0 Å². The van der Waals surface area contributed by atoms with E-state index in [1.165, 1.54) is 6.20 Å². The Morgan fingerprint density at radius 1 is 1.35 bits per heavy atom. The lowest BCUT2D eigenvalue weighted by Crippen LogP contribution is -2.21. The van der Waals surface area contributed by atoms with E-state index in [0.717, 1.165) is 37.4 Å². The summed E-state index contributed by atoms with van der Waals surface area (Å²) < 4.78 is 7.44. The summed E-state index contributed by atoms with van der Waals surface area (Å²) in [5.74, 6) is 0.933. The number of anilines is 3. The average molecular weight is 313 g/mol. The van der Waals surface area contributed by atoms with Crippen LogP contribution in [0.25, 0.3) is 0 Å². The zero-order valence-electron chi connectivity index (χ0n) is 13.2. The molecule has 0 amide bonds. The second-order valence-electron chi connectivity index (χ2n) is 5.37. The van der Waals surface area contributed by atoms with Crippen LogP contribution in [0.15, 0.2) is 12.4 Å². The normalized spacial score (nSPS) is 15.2. The maximum atomic E-state index is 9.01. The molecule has 2 aromatic rings. The molecule has 0 saturated carbocycles. The van der Waals surface area contributed by atoms with Crippen molar-refractivity contribution in [2.45, 2.75) is 25.8 Å². The van der Waals surface area contributed by atoms with Crippen LogP contribution in [0.2, 0.25) is 0 Å². The first kappa shape index (κ1) is 15.2. The predicted octanol–water partition coefficient (Wildman–Crippen LogP) is 1.99. The lowest BCUT2D eigenvalue weighted by Gasteiger charge is -2.23. The Hall–Kier alpha value is -2.66. The zero-order chi connectivity index (χ0) is 16.2. The number of ether oxygens (including phenoxy) is 1. The van der Waals surface area contributed by atoms with E-state index in [0.29, 0.717) is 23.4 Å². The molecule has 0 bridgehead atoms. The molecule has 3 heterocycles. The average Bonchev–Trinajstić information content (AvgIpc) is 2.96. The molecule has 1 fully saturated rings. The van der Waals surface area contributed by atoms with Crippen LogP contribution in [0, 0.1) is 18.3 Å². The van der Waals surface area contributed by atoms with Gasteiger partial charge < -0.3 is 15.4 Å². The van der Waals surface area contributed by atoms with Gasteiger partial charge in [0.2, 0.25) is 5.95 Å². The molecule has 1 saturated heterocycles. The van der Waals surface area contributed by atoms with Crippen LogP contribution in [-0.2, 0) is 4.74 Å². The maximum Gasteiger partial charge on any atom is 0.229 e. The van der Waals surface area contributed by atoms with E-state index in [2.05, 4.69) is 31.8 Å². The maximum absolute atomic E-state index is 9.01. The van der Waals surface area contributed by atoms with E-state index in [1.807, 2.05) is 11.6 Å². The molecule has 0 spiro atoms. The molecule has 8 nitrogen and oxygen atoms in total. The summed E-state index contributed by atoms with van der Waals surface area (Å²) in [6.45, 7) is 3.57. The Morgan fingerprint density at radius 2 is 2.13 bits per heavy atom. The molecule has 1 aliphatic rings. The summed E-state index contributed by atoms with van der Waals surface area (Å²) in [5, 5.41) is 19.6. The molecule has 120 valence electrons. The molecule has 3 rings (SSSR count). The van der Waals surface area contributed by atoms with Crippen LogP contribution < -0.4 is 10.6 Å². The summed E-state index contributed by atoms with van der Waals surface area (Å²) in [6, 6.07) is 2.42. The number of aromatic nitrogens is 4. The smallest absolute Gasteiger partial charge is 0.229 e. The Morgan fingerprint density at radius 3 is 2.83 bits per heavy atom. The van der Waals surface area contributed by atoms with Crippen molar-refractivity contribution in [2.24, 2.45) is 0 Å². The lowest BCUT2D eigenvalue weighted by atomic mass is 10.1. The van der Waals surface area contributed by atoms with Gasteiger partial charge in [-0.3, -0.25) is 4.68 Å². The van der Waals surface area contributed by atoms with E-state index in [1.54, 1.807) is 13.2 Å². The van der Waals surface area contributed by atoms with Gasteiger partial charge in [0.15, 0.2) is 0 Å². The molecule has 0 aromatic carbocycles. The second-order valence-corrected chi connectivity index (χ2v) is 5.37. The van der Waals surface area contributed by atoms with Crippen LogP contribution in [0.5, 0.6) is 0 Å². The first-order valence-electron chi connectivity index (χ1n) is 7.56. The Balaban J connectivity index is 1.81. The number of hydrogen-bond acceptors (Lipinski definition) is 7. The third-order valence-corrected chi connectivity index (χ3v) is 3.97. The highest BCUT2D eigenvalue weighted by Crippen LogP contribution is 2.26. The molecule has 23 heavy (non-hydrogen) atoms. The summed E-state index contributed by atoms with van der Waals surface area (Å²) in [5.41, 5.74) is 2.31. The van der Waals surface area contributed by atoms with Crippen molar-refractivity contribution in [1.82, 2.24) is 19.7 Å². The van der Waals surface area contributed by atoms with Crippen molar-refractivity contribution in [3.63, 3.8) is 0 Å². The Bertz CT molecular complexity index is 728. The van der Waals surface area contributed by atoms with Crippen molar-refractivity contribution in [3.8, 4) is 6.07 Å². The van der Waals surface area contributed by atoms with Gasteiger partial charge in [0, 0.05) is 20.3 Å². The first-order chi connectivity index (χ1) is 11.2. The van der Waals surface area contributed by atoms with Crippen molar-refractivity contribution < 1.29 is 4.74 Å².